The fourth-order valence-electron chi connectivity index (χ4n) is 2.64. The van der Waals surface area contributed by atoms with Crippen LogP contribution >= 0.6 is 0 Å². The van der Waals surface area contributed by atoms with Gasteiger partial charge in [0.1, 0.15) is 5.82 Å². The molecule has 1 aromatic rings. The first-order valence-electron chi connectivity index (χ1n) is 8.49. The van der Waals surface area contributed by atoms with Gasteiger partial charge in [0.25, 0.3) is 0 Å². The molecule has 1 saturated carbocycles. The van der Waals surface area contributed by atoms with E-state index in [1.54, 1.807) is 0 Å². The summed E-state index contributed by atoms with van der Waals surface area (Å²) in [5, 5.41) is 3.55. The second-order valence-electron chi connectivity index (χ2n) is 6.96. The first kappa shape index (κ1) is 16.3. The first-order valence-corrected chi connectivity index (χ1v) is 8.49. The van der Waals surface area contributed by atoms with Gasteiger partial charge >= 0.3 is 0 Å². The SMILES string of the molecule is CCN(c1cc(CNCC(C)C)cc(C(C)C)n1)C1CC1. The second-order valence-corrected chi connectivity index (χ2v) is 6.96. The van der Waals surface area contributed by atoms with Crippen molar-refractivity contribution in [3.8, 4) is 0 Å². The summed E-state index contributed by atoms with van der Waals surface area (Å²) in [6.07, 6.45) is 2.64. The van der Waals surface area contributed by atoms with Gasteiger partial charge in [-0.3, -0.25) is 0 Å². The molecular formula is C18H31N3. The van der Waals surface area contributed by atoms with Gasteiger partial charge in [-0.05, 0) is 55.8 Å². The number of nitrogens with zero attached hydrogens (tertiary/aromatic N) is 2. The summed E-state index contributed by atoms with van der Waals surface area (Å²) >= 11 is 0. The summed E-state index contributed by atoms with van der Waals surface area (Å²) in [4.78, 5) is 7.38. The van der Waals surface area contributed by atoms with E-state index in [0.29, 0.717) is 11.8 Å². The summed E-state index contributed by atoms with van der Waals surface area (Å²) in [6, 6.07) is 5.27. The van der Waals surface area contributed by atoms with Crippen LogP contribution in [0.5, 0.6) is 0 Å². The van der Waals surface area contributed by atoms with Crippen LogP contribution in [0.15, 0.2) is 12.1 Å². The lowest BCUT2D eigenvalue weighted by Crippen LogP contribution is -2.27. The van der Waals surface area contributed by atoms with Crippen molar-refractivity contribution in [1.29, 1.82) is 0 Å². The van der Waals surface area contributed by atoms with Crippen LogP contribution in [0, 0.1) is 5.92 Å². The van der Waals surface area contributed by atoms with Gasteiger partial charge < -0.3 is 10.2 Å². The number of anilines is 1. The molecular weight excluding hydrogens is 258 g/mol. The molecule has 0 radical (unpaired) electrons. The van der Waals surface area contributed by atoms with Crippen molar-refractivity contribution in [3.05, 3.63) is 23.4 Å². The number of hydrogen-bond donors (Lipinski definition) is 1. The largest absolute Gasteiger partial charge is 0.354 e. The molecule has 2 rings (SSSR count). The number of nitrogens with one attached hydrogen (secondary N) is 1. The van der Waals surface area contributed by atoms with Crippen LogP contribution in [0.25, 0.3) is 0 Å². The molecule has 3 nitrogen and oxygen atoms in total. The van der Waals surface area contributed by atoms with Gasteiger partial charge in [0.2, 0.25) is 0 Å². The van der Waals surface area contributed by atoms with E-state index in [1.165, 1.54) is 29.9 Å². The molecule has 0 atom stereocenters. The molecule has 0 spiro atoms. The van der Waals surface area contributed by atoms with Gasteiger partial charge in [-0.15, -0.1) is 0 Å². The Morgan fingerprint density at radius 2 is 1.95 bits per heavy atom. The van der Waals surface area contributed by atoms with E-state index in [0.717, 1.165) is 25.7 Å². The van der Waals surface area contributed by atoms with E-state index in [-0.39, 0.29) is 0 Å². The molecule has 1 aliphatic rings. The molecule has 118 valence electrons. The highest BCUT2D eigenvalue weighted by Gasteiger charge is 2.29. The summed E-state index contributed by atoms with van der Waals surface area (Å²) in [7, 11) is 0. The smallest absolute Gasteiger partial charge is 0.129 e. The minimum atomic E-state index is 0.478. The summed E-state index contributed by atoms with van der Waals surface area (Å²) < 4.78 is 0. The topological polar surface area (TPSA) is 28.2 Å². The number of pyridine rings is 1. The molecule has 1 aliphatic carbocycles. The Morgan fingerprint density at radius 3 is 2.48 bits per heavy atom. The minimum Gasteiger partial charge on any atom is -0.354 e. The molecule has 0 bridgehead atoms. The lowest BCUT2D eigenvalue weighted by atomic mass is 10.1. The lowest BCUT2D eigenvalue weighted by molar-refractivity contribution is 0.551. The zero-order valence-corrected chi connectivity index (χ0v) is 14.3. The highest BCUT2D eigenvalue weighted by atomic mass is 15.2. The van der Waals surface area contributed by atoms with E-state index in [9.17, 15) is 0 Å². The molecule has 1 fully saturated rings. The van der Waals surface area contributed by atoms with E-state index >= 15 is 0 Å². The van der Waals surface area contributed by atoms with E-state index < -0.39 is 0 Å². The standard InChI is InChI=1S/C18H31N3/c1-6-21(16-7-8-16)18-10-15(12-19-11-13(2)3)9-17(20-18)14(4)5/h9-10,13-14,16,19H,6-8,11-12H2,1-5H3. The molecule has 1 heterocycles. The van der Waals surface area contributed by atoms with Crippen LogP contribution < -0.4 is 10.2 Å². The molecule has 21 heavy (non-hydrogen) atoms. The van der Waals surface area contributed by atoms with Crippen LogP contribution in [-0.4, -0.2) is 24.1 Å². The Balaban J connectivity index is 2.17. The van der Waals surface area contributed by atoms with Gasteiger partial charge in [0.05, 0.1) is 0 Å². The average molecular weight is 289 g/mol. The molecule has 1 aromatic heterocycles. The molecule has 0 unspecified atom stereocenters. The van der Waals surface area contributed by atoms with Gasteiger partial charge in [-0.25, -0.2) is 4.98 Å². The molecule has 3 heteroatoms. The van der Waals surface area contributed by atoms with Gasteiger partial charge in [-0.2, -0.15) is 0 Å². The monoisotopic (exact) mass is 289 g/mol. The normalized spacial score (nSPS) is 15.0. The quantitative estimate of drug-likeness (QED) is 0.785. The van der Waals surface area contributed by atoms with Gasteiger partial charge in [0.15, 0.2) is 0 Å². The maximum atomic E-state index is 4.91. The average Bonchev–Trinajstić information content (AvgIpc) is 3.23. The second kappa shape index (κ2) is 7.26. The van der Waals surface area contributed by atoms with Gasteiger partial charge in [-0.1, -0.05) is 27.7 Å². The zero-order chi connectivity index (χ0) is 15.4. The van der Waals surface area contributed by atoms with E-state index in [2.05, 4.69) is 57.0 Å². The summed E-state index contributed by atoms with van der Waals surface area (Å²) in [6.45, 7) is 14.2. The van der Waals surface area contributed by atoms with Crippen molar-refractivity contribution < 1.29 is 0 Å². The highest BCUT2D eigenvalue weighted by molar-refractivity contribution is 5.45. The third-order valence-electron chi connectivity index (χ3n) is 3.99. The Morgan fingerprint density at radius 1 is 1.24 bits per heavy atom. The van der Waals surface area contributed by atoms with E-state index in [4.69, 9.17) is 4.98 Å². The number of hydrogen-bond acceptors (Lipinski definition) is 3. The third-order valence-corrected chi connectivity index (χ3v) is 3.99. The van der Waals surface area contributed by atoms with Crippen molar-refractivity contribution in [3.63, 3.8) is 0 Å². The van der Waals surface area contributed by atoms with Crippen LogP contribution in [0.2, 0.25) is 0 Å². The maximum absolute atomic E-state index is 4.91. The first-order chi connectivity index (χ1) is 10.0. The fourth-order valence-corrected chi connectivity index (χ4v) is 2.64. The number of rotatable bonds is 8. The van der Waals surface area contributed by atoms with Crippen LogP contribution in [0.1, 0.15) is 64.6 Å². The van der Waals surface area contributed by atoms with E-state index in [1.807, 2.05) is 0 Å². The predicted molar refractivity (Wildman–Crippen MR) is 90.9 cm³/mol. The lowest BCUT2D eigenvalue weighted by Gasteiger charge is -2.24. The Bertz CT molecular complexity index is 450. The Labute approximate surface area is 130 Å². The van der Waals surface area contributed by atoms with Crippen molar-refractivity contribution in [2.75, 3.05) is 18.0 Å². The van der Waals surface area contributed by atoms with Gasteiger partial charge in [0, 0.05) is 24.8 Å². The Kier molecular flexibility index (Phi) is 5.63. The van der Waals surface area contributed by atoms with Crippen LogP contribution in [0.4, 0.5) is 5.82 Å². The maximum Gasteiger partial charge on any atom is 0.129 e. The van der Waals surface area contributed by atoms with Crippen molar-refractivity contribution in [2.24, 2.45) is 5.92 Å². The molecule has 0 amide bonds. The summed E-state index contributed by atoms with van der Waals surface area (Å²) in [5.74, 6) is 2.34. The number of aromatic nitrogens is 1. The summed E-state index contributed by atoms with van der Waals surface area (Å²) in [5.41, 5.74) is 2.58. The predicted octanol–water partition coefficient (Wildman–Crippen LogP) is 3.94. The van der Waals surface area contributed by atoms with Crippen molar-refractivity contribution >= 4 is 5.82 Å². The van der Waals surface area contributed by atoms with Crippen molar-refractivity contribution in [1.82, 2.24) is 10.3 Å². The Hall–Kier alpha value is -1.09. The third kappa shape index (κ3) is 4.70. The zero-order valence-electron chi connectivity index (χ0n) is 14.3. The molecule has 0 aromatic carbocycles. The van der Waals surface area contributed by atoms with Crippen molar-refractivity contribution in [2.45, 2.75) is 66.0 Å². The molecule has 0 saturated heterocycles. The minimum absolute atomic E-state index is 0.478. The van der Waals surface area contributed by atoms with Crippen LogP contribution in [-0.2, 0) is 6.54 Å². The molecule has 1 N–H and O–H groups in total. The highest BCUT2D eigenvalue weighted by Crippen LogP contribution is 2.31. The molecule has 0 aliphatic heterocycles. The van der Waals surface area contributed by atoms with Crippen LogP contribution in [0.3, 0.4) is 0 Å². The fraction of sp³-hybridized carbons (Fsp3) is 0.722.